The van der Waals surface area contributed by atoms with Crippen LogP contribution in [0.3, 0.4) is 0 Å². The summed E-state index contributed by atoms with van der Waals surface area (Å²) in [4.78, 5) is 0. The zero-order valence-corrected chi connectivity index (χ0v) is 10.8. The Hall–Kier alpha value is 0.380. The highest BCUT2D eigenvalue weighted by Gasteiger charge is 2.16. The number of halogens is 2. The molecule has 0 radical (unpaired) electrons. The average Bonchev–Trinajstić information content (AvgIpc) is 2.64. The number of nitrogens with zero attached hydrogens (tertiary/aromatic N) is 2. The lowest BCUT2D eigenvalue weighted by Gasteiger charge is -2.08. The Labute approximate surface area is 99.1 Å². The molecule has 2 rings (SSSR count). The second-order valence-corrected chi connectivity index (χ2v) is 5.00. The lowest BCUT2D eigenvalue weighted by molar-refractivity contribution is 0.0939. The minimum atomic E-state index is 0.364. The normalized spacial score (nSPS) is 22.5. The van der Waals surface area contributed by atoms with E-state index in [9.17, 15) is 0 Å². The highest BCUT2D eigenvalue weighted by atomic mass is 127. The molecule has 0 saturated carbocycles. The van der Waals surface area contributed by atoms with Gasteiger partial charge >= 0.3 is 0 Å². The van der Waals surface area contributed by atoms with Crippen LogP contribution >= 0.6 is 38.5 Å². The summed E-state index contributed by atoms with van der Waals surface area (Å²) in [5, 5.41) is 4.35. The van der Waals surface area contributed by atoms with Gasteiger partial charge in [0.2, 0.25) is 0 Å². The van der Waals surface area contributed by atoms with E-state index in [0.717, 1.165) is 27.7 Å². The summed E-state index contributed by atoms with van der Waals surface area (Å²) in [6.45, 7) is 1.78. The molecule has 1 aromatic rings. The summed E-state index contributed by atoms with van der Waals surface area (Å²) >= 11 is 5.65. The van der Waals surface area contributed by atoms with Crippen molar-refractivity contribution in [2.24, 2.45) is 0 Å². The third kappa shape index (κ3) is 2.44. The summed E-state index contributed by atoms with van der Waals surface area (Å²) in [5.41, 5.74) is 0. The Morgan fingerprint density at radius 1 is 1.77 bits per heavy atom. The minimum absolute atomic E-state index is 0.364. The van der Waals surface area contributed by atoms with Crippen molar-refractivity contribution in [3.8, 4) is 0 Å². The molecule has 1 aromatic heterocycles. The van der Waals surface area contributed by atoms with Crippen LogP contribution in [0.5, 0.6) is 0 Å². The Morgan fingerprint density at radius 3 is 3.15 bits per heavy atom. The van der Waals surface area contributed by atoms with E-state index < -0.39 is 0 Å². The Kier molecular flexibility index (Phi) is 3.26. The van der Waals surface area contributed by atoms with Gasteiger partial charge in [0.25, 0.3) is 0 Å². The second-order valence-electron chi connectivity index (χ2n) is 3.12. The van der Waals surface area contributed by atoms with Crippen LogP contribution in [-0.2, 0) is 11.3 Å². The van der Waals surface area contributed by atoms with E-state index in [1.165, 1.54) is 6.42 Å². The molecule has 0 bridgehead atoms. The highest BCUT2D eigenvalue weighted by Crippen LogP contribution is 2.19. The van der Waals surface area contributed by atoms with Gasteiger partial charge in [-0.25, -0.2) is 0 Å². The summed E-state index contributed by atoms with van der Waals surface area (Å²) in [5.74, 6) is 0. The quantitative estimate of drug-likeness (QED) is 0.761. The zero-order chi connectivity index (χ0) is 9.26. The van der Waals surface area contributed by atoms with Crippen molar-refractivity contribution < 1.29 is 4.74 Å². The third-order valence-corrected chi connectivity index (χ3v) is 4.21. The molecule has 1 aliphatic rings. The fourth-order valence-corrected chi connectivity index (χ4v) is 2.20. The van der Waals surface area contributed by atoms with Gasteiger partial charge in [-0.3, -0.25) is 4.68 Å². The molecule has 13 heavy (non-hydrogen) atoms. The van der Waals surface area contributed by atoms with Crippen molar-refractivity contribution in [1.82, 2.24) is 9.78 Å². The molecule has 0 aliphatic carbocycles. The first-order valence-corrected chi connectivity index (χ1v) is 6.13. The molecular formula is C8H10BrIN2O. The van der Waals surface area contributed by atoms with Crippen LogP contribution in [0.25, 0.3) is 0 Å². The molecule has 1 aliphatic heterocycles. The fourth-order valence-electron chi connectivity index (χ4n) is 1.46. The van der Waals surface area contributed by atoms with Crippen LogP contribution in [0, 0.1) is 3.70 Å². The molecule has 0 aromatic carbocycles. The number of hydrogen-bond donors (Lipinski definition) is 0. The van der Waals surface area contributed by atoms with Crippen molar-refractivity contribution in [1.29, 1.82) is 0 Å². The van der Waals surface area contributed by atoms with E-state index in [1.807, 2.05) is 10.9 Å². The summed E-state index contributed by atoms with van der Waals surface area (Å²) < 4.78 is 9.54. The number of hydrogen-bond acceptors (Lipinski definition) is 2. The average molecular weight is 357 g/mol. The van der Waals surface area contributed by atoms with Gasteiger partial charge in [-0.1, -0.05) is 0 Å². The highest BCUT2D eigenvalue weighted by molar-refractivity contribution is 14.1. The van der Waals surface area contributed by atoms with Crippen molar-refractivity contribution in [2.75, 3.05) is 6.61 Å². The first-order valence-electron chi connectivity index (χ1n) is 4.26. The number of aromatic nitrogens is 2. The van der Waals surface area contributed by atoms with Crippen molar-refractivity contribution in [3.63, 3.8) is 0 Å². The predicted octanol–water partition coefficient (Wildman–Crippen LogP) is 2.43. The smallest absolute Gasteiger partial charge is 0.137 e. The fraction of sp³-hybridized carbons (Fsp3) is 0.625. The van der Waals surface area contributed by atoms with Gasteiger partial charge in [0.15, 0.2) is 0 Å². The molecular weight excluding hydrogens is 347 g/mol. The lowest BCUT2D eigenvalue weighted by Crippen LogP contribution is -2.15. The van der Waals surface area contributed by atoms with E-state index in [0.29, 0.717) is 6.10 Å². The van der Waals surface area contributed by atoms with Crippen LogP contribution in [0.15, 0.2) is 10.7 Å². The lowest BCUT2D eigenvalue weighted by atomic mass is 10.2. The second kappa shape index (κ2) is 4.27. The molecule has 1 fully saturated rings. The Bertz CT molecular complexity index is 277. The van der Waals surface area contributed by atoms with Crippen molar-refractivity contribution in [2.45, 2.75) is 25.5 Å². The summed E-state index contributed by atoms with van der Waals surface area (Å²) in [6, 6.07) is 0. The van der Waals surface area contributed by atoms with Gasteiger partial charge in [-0.05, 0) is 51.4 Å². The number of rotatable bonds is 2. The SMILES string of the molecule is Brc1cn(CC2CCCO2)nc1I. The van der Waals surface area contributed by atoms with E-state index in [1.54, 1.807) is 0 Å². The molecule has 72 valence electrons. The molecule has 1 unspecified atom stereocenters. The maximum Gasteiger partial charge on any atom is 0.137 e. The van der Waals surface area contributed by atoms with Gasteiger partial charge in [0.05, 0.1) is 17.1 Å². The predicted molar refractivity (Wildman–Crippen MR) is 61.6 cm³/mol. The Morgan fingerprint density at radius 2 is 2.62 bits per heavy atom. The zero-order valence-electron chi connectivity index (χ0n) is 7.04. The van der Waals surface area contributed by atoms with Gasteiger partial charge in [0, 0.05) is 12.8 Å². The molecule has 0 amide bonds. The first-order chi connectivity index (χ1) is 6.25. The van der Waals surface area contributed by atoms with Crippen LogP contribution in [0.2, 0.25) is 0 Å². The third-order valence-electron chi connectivity index (χ3n) is 2.09. The van der Waals surface area contributed by atoms with Crippen molar-refractivity contribution in [3.05, 3.63) is 14.4 Å². The van der Waals surface area contributed by atoms with Gasteiger partial charge in [-0.2, -0.15) is 5.10 Å². The van der Waals surface area contributed by atoms with Gasteiger partial charge in [0.1, 0.15) is 3.70 Å². The first kappa shape index (κ1) is 9.92. The monoisotopic (exact) mass is 356 g/mol. The van der Waals surface area contributed by atoms with Crippen LogP contribution < -0.4 is 0 Å². The maximum atomic E-state index is 5.53. The van der Waals surface area contributed by atoms with E-state index in [4.69, 9.17) is 4.74 Å². The van der Waals surface area contributed by atoms with Crippen LogP contribution in [0.4, 0.5) is 0 Å². The topological polar surface area (TPSA) is 27.1 Å². The largest absolute Gasteiger partial charge is 0.376 e. The molecule has 0 spiro atoms. The summed E-state index contributed by atoms with van der Waals surface area (Å²) in [6.07, 6.45) is 4.71. The van der Waals surface area contributed by atoms with Crippen molar-refractivity contribution >= 4 is 38.5 Å². The van der Waals surface area contributed by atoms with E-state index >= 15 is 0 Å². The maximum absolute atomic E-state index is 5.53. The van der Waals surface area contributed by atoms with Crippen LogP contribution in [0.1, 0.15) is 12.8 Å². The van der Waals surface area contributed by atoms with Crippen LogP contribution in [-0.4, -0.2) is 22.5 Å². The molecule has 5 heteroatoms. The van der Waals surface area contributed by atoms with E-state index in [-0.39, 0.29) is 0 Å². The summed E-state index contributed by atoms with van der Waals surface area (Å²) in [7, 11) is 0. The molecule has 3 nitrogen and oxygen atoms in total. The Balaban J connectivity index is 2.00. The van der Waals surface area contributed by atoms with E-state index in [2.05, 4.69) is 43.6 Å². The minimum Gasteiger partial charge on any atom is -0.376 e. The van der Waals surface area contributed by atoms with Gasteiger partial charge < -0.3 is 4.74 Å². The number of ether oxygens (including phenoxy) is 1. The molecule has 2 heterocycles. The molecule has 1 atom stereocenters. The van der Waals surface area contributed by atoms with Gasteiger partial charge in [-0.15, -0.1) is 0 Å². The molecule has 0 N–H and O–H groups in total. The standard InChI is InChI=1S/C8H10BrIN2O/c9-7-5-12(11-8(7)10)4-6-2-1-3-13-6/h5-6H,1-4H2. The molecule has 1 saturated heterocycles.